The molecule has 45 heavy (non-hydrogen) atoms. The van der Waals surface area contributed by atoms with E-state index in [1.165, 1.54) is 6.07 Å². The van der Waals surface area contributed by atoms with Crippen LogP contribution in [0.2, 0.25) is 5.02 Å². The first-order valence-corrected chi connectivity index (χ1v) is 16.6. The molecule has 0 spiro atoms. The normalized spacial score (nSPS) is 11.5. The maximum absolute atomic E-state index is 15.1. The van der Waals surface area contributed by atoms with E-state index in [4.69, 9.17) is 21.3 Å². The highest BCUT2D eigenvalue weighted by molar-refractivity contribution is 7.08. The molecule has 2 aromatic carbocycles. The molecule has 2 N–H and O–H groups in total. The van der Waals surface area contributed by atoms with Gasteiger partial charge in [0.2, 0.25) is 0 Å². The number of ether oxygens (including phenoxy) is 1. The van der Waals surface area contributed by atoms with Gasteiger partial charge in [0, 0.05) is 69.3 Å². The van der Waals surface area contributed by atoms with Crippen LogP contribution in [-0.4, -0.2) is 26.5 Å². The van der Waals surface area contributed by atoms with Crippen molar-refractivity contribution in [2.75, 3.05) is 6.61 Å². The van der Waals surface area contributed by atoms with Crippen molar-refractivity contribution in [1.29, 1.82) is 0 Å². The second kappa shape index (κ2) is 11.6. The molecule has 0 aliphatic heterocycles. The molecule has 0 unspecified atom stereocenters. The third-order valence-electron chi connectivity index (χ3n) is 8.02. The predicted molar refractivity (Wildman–Crippen MR) is 184 cm³/mol. The Morgan fingerprint density at radius 3 is 2.29 bits per heavy atom. The fourth-order valence-corrected chi connectivity index (χ4v) is 7.46. The fraction of sp³-hybridized carbons (Fsp3) is 0.0556. The van der Waals surface area contributed by atoms with E-state index < -0.39 is 0 Å². The summed E-state index contributed by atoms with van der Waals surface area (Å²) in [6, 6.07) is 19.1. The van der Waals surface area contributed by atoms with Gasteiger partial charge in [0.15, 0.2) is 0 Å². The maximum atomic E-state index is 15.1. The van der Waals surface area contributed by atoms with E-state index in [2.05, 4.69) is 55.4 Å². The summed E-state index contributed by atoms with van der Waals surface area (Å²) in [5, 5.41) is 10.7. The Morgan fingerprint density at radius 2 is 1.51 bits per heavy atom. The number of H-pyrrole nitrogens is 2. The molecule has 6 heterocycles. The molecular weight excluding hydrogens is 623 g/mol. The van der Waals surface area contributed by atoms with Crippen LogP contribution in [-0.2, 0) is 6.42 Å². The number of fused-ring (bicyclic) bond motifs is 2. The lowest BCUT2D eigenvalue weighted by atomic mass is 9.94. The van der Waals surface area contributed by atoms with Crippen molar-refractivity contribution < 1.29 is 9.13 Å². The summed E-state index contributed by atoms with van der Waals surface area (Å²) in [4.78, 5) is 15.9. The average molecular weight is 647 g/mol. The molecule has 0 amide bonds. The highest BCUT2D eigenvalue weighted by atomic mass is 35.5. The molecule has 6 aromatic heterocycles. The number of hydrogen-bond donors (Lipinski definition) is 2. The SMILES string of the molecule is Fc1cc(Cl)ccc1-c1c[nH]c2ncc(CCOc3ccccc3-c3c[nH]c4nccc(-c5ccsc5)c34)c(-c3ccsc3)c12. The topological polar surface area (TPSA) is 66.6 Å². The zero-order valence-corrected chi connectivity index (χ0v) is 26.1. The summed E-state index contributed by atoms with van der Waals surface area (Å²) >= 11 is 9.37. The van der Waals surface area contributed by atoms with Gasteiger partial charge < -0.3 is 14.7 Å². The van der Waals surface area contributed by atoms with Gasteiger partial charge in [-0.2, -0.15) is 22.7 Å². The van der Waals surface area contributed by atoms with Crippen LogP contribution in [0.25, 0.3) is 66.6 Å². The third-order valence-corrected chi connectivity index (χ3v) is 9.62. The monoisotopic (exact) mass is 646 g/mol. The Balaban J connectivity index is 1.16. The van der Waals surface area contributed by atoms with Gasteiger partial charge in [0.1, 0.15) is 22.9 Å². The first kappa shape index (κ1) is 27.8. The molecule has 0 fully saturated rings. The highest BCUT2D eigenvalue weighted by Gasteiger charge is 2.20. The minimum absolute atomic E-state index is 0.358. The zero-order valence-electron chi connectivity index (χ0n) is 23.7. The van der Waals surface area contributed by atoms with Gasteiger partial charge in [-0.1, -0.05) is 29.8 Å². The number of hydrogen-bond acceptors (Lipinski definition) is 5. The van der Waals surface area contributed by atoms with Crippen LogP contribution in [0.1, 0.15) is 5.56 Å². The van der Waals surface area contributed by atoms with Crippen molar-refractivity contribution in [3.63, 3.8) is 0 Å². The van der Waals surface area contributed by atoms with E-state index >= 15 is 4.39 Å². The smallest absolute Gasteiger partial charge is 0.138 e. The van der Waals surface area contributed by atoms with E-state index in [1.807, 2.05) is 48.4 Å². The number of nitrogens with zero attached hydrogens (tertiary/aromatic N) is 2. The van der Waals surface area contributed by atoms with Crippen LogP contribution in [0, 0.1) is 5.82 Å². The number of aromatic amines is 2. The number of para-hydroxylation sites is 1. The summed E-state index contributed by atoms with van der Waals surface area (Å²) in [7, 11) is 0. The fourth-order valence-electron chi connectivity index (χ4n) is 5.99. The summed E-state index contributed by atoms with van der Waals surface area (Å²) < 4.78 is 21.6. The van der Waals surface area contributed by atoms with Gasteiger partial charge in [-0.25, -0.2) is 14.4 Å². The molecular formula is C36H24ClFN4OS2. The van der Waals surface area contributed by atoms with Crippen molar-refractivity contribution in [1.82, 2.24) is 19.9 Å². The Kier molecular flexibility index (Phi) is 7.18. The molecule has 0 saturated carbocycles. The van der Waals surface area contributed by atoms with Gasteiger partial charge in [-0.15, -0.1) is 0 Å². The lowest BCUT2D eigenvalue weighted by Crippen LogP contribution is -2.04. The number of nitrogens with one attached hydrogen (secondary N) is 2. The van der Waals surface area contributed by atoms with E-state index in [0.717, 1.165) is 66.7 Å². The number of benzene rings is 2. The first-order chi connectivity index (χ1) is 22.2. The standard InChI is InChI=1S/C36H24ClFN4OS2/c37-24-5-6-26(30(38)15-24)28-17-42-36-34(28)32(23-10-14-45-20-23)21(16-40-36)8-12-43-31-4-2-1-3-27(31)29-18-41-35-33(29)25(7-11-39-35)22-9-13-44-19-22/h1-7,9-11,13-20H,8,12H2,(H,39,41)(H,40,42). The molecule has 0 aliphatic carbocycles. The molecule has 5 nitrogen and oxygen atoms in total. The minimum Gasteiger partial charge on any atom is -0.493 e. The highest BCUT2D eigenvalue weighted by Crippen LogP contribution is 2.42. The van der Waals surface area contributed by atoms with Crippen LogP contribution in [0.4, 0.5) is 4.39 Å². The Labute approximate surface area is 271 Å². The Morgan fingerprint density at radius 1 is 0.756 bits per heavy atom. The molecule has 0 bridgehead atoms. The van der Waals surface area contributed by atoms with Gasteiger partial charge in [-0.05, 0) is 91.8 Å². The maximum Gasteiger partial charge on any atom is 0.138 e. The van der Waals surface area contributed by atoms with Crippen molar-refractivity contribution in [3.05, 3.63) is 123 Å². The molecule has 8 aromatic rings. The molecule has 8 rings (SSSR count). The van der Waals surface area contributed by atoms with Gasteiger partial charge in [0.25, 0.3) is 0 Å². The van der Waals surface area contributed by atoms with Crippen molar-refractivity contribution in [3.8, 4) is 50.3 Å². The van der Waals surface area contributed by atoms with Crippen LogP contribution in [0.5, 0.6) is 5.75 Å². The molecule has 0 radical (unpaired) electrons. The lowest BCUT2D eigenvalue weighted by Gasteiger charge is -2.15. The second-order valence-corrected chi connectivity index (χ2v) is 12.6. The molecule has 0 aliphatic rings. The Bertz CT molecular complexity index is 2290. The van der Waals surface area contributed by atoms with Crippen LogP contribution in [0.15, 0.2) is 107 Å². The largest absolute Gasteiger partial charge is 0.493 e. The van der Waals surface area contributed by atoms with E-state index in [9.17, 15) is 0 Å². The number of pyridine rings is 2. The van der Waals surface area contributed by atoms with Crippen LogP contribution < -0.4 is 4.74 Å². The first-order valence-electron chi connectivity index (χ1n) is 14.3. The van der Waals surface area contributed by atoms with Gasteiger partial charge in [0.05, 0.1) is 6.61 Å². The van der Waals surface area contributed by atoms with Crippen molar-refractivity contribution in [2.45, 2.75) is 6.42 Å². The summed E-state index contributed by atoms with van der Waals surface area (Å²) in [6.45, 7) is 0.425. The molecule has 0 saturated heterocycles. The molecule has 9 heteroatoms. The van der Waals surface area contributed by atoms with Gasteiger partial charge >= 0.3 is 0 Å². The quantitative estimate of drug-likeness (QED) is 0.173. The van der Waals surface area contributed by atoms with Crippen LogP contribution >= 0.6 is 34.3 Å². The molecule has 220 valence electrons. The predicted octanol–water partition coefficient (Wildman–Crippen LogP) is 10.6. The molecule has 0 atom stereocenters. The number of halogens is 2. The van der Waals surface area contributed by atoms with Gasteiger partial charge in [-0.3, -0.25) is 0 Å². The summed E-state index contributed by atoms with van der Waals surface area (Å²) in [5.74, 6) is 0.412. The average Bonchev–Trinajstić information content (AvgIpc) is 3.88. The van der Waals surface area contributed by atoms with E-state index in [0.29, 0.717) is 29.3 Å². The van der Waals surface area contributed by atoms with Crippen molar-refractivity contribution in [2.24, 2.45) is 0 Å². The summed E-state index contributed by atoms with van der Waals surface area (Å²) in [5.41, 5.74) is 10.2. The third kappa shape index (κ3) is 5.01. The second-order valence-electron chi connectivity index (χ2n) is 10.6. The van der Waals surface area contributed by atoms with E-state index in [-0.39, 0.29) is 5.82 Å². The van der Waals surface area contributed by atoms with Crippen LogP contribution in [0.3, 0.4) is 0 Å². The summed E-state index contributed by atoms with van der Waals surface area (Å²) in [6.07, 6.45) is 8.15. The minimum atomic E-state index is -0.375. The van der Waals surface area contributed by atoms with Crippen molar-refractivity contribution >= 4 is 56.3 Å². The Hall–Kier alpha value is -4.76. The zero-order chi connectivity index (χ0) is 30.3. The van der Waals surface area contributed by atoms with E-state index in [1.54, 1.807) is 34.8 Å². The number of aromatic nitrogens is 4. The number of rotatable bonds is 8. The number of thiophene rings is 2. The lowest BCUT2D eigenvalue weighted by molar-refractivity contribution is 0.323.